The van der Waals surface area contributed by atoms with Gasteiger partial charge in [0.05, 0.1) is 12.6 Å². The minimum absolute atomic E-state index is 0.156. The lowest BCUT2D eigenvalue weighted by Gasteiger charge is -2.04. The van der Waals surface area contributed by atoms with Crippen molar-refractivity contribution in [1.29, 1.82) is 0 Å². The predicted molar refractivity (Wildman–Crippen MR) is 54.2 cm³/mol. The lowest BCUT2D eigenvalue weighted by atomic mass is 10.1. The number of aromatic nitrogens is 2. The molecule has 1 heterocycles. The monoisotopic (exact) mass is 206 g/mol. The van der Waals surface area contributed by atoms with Crippen LogP contribution < -0.4 is 4.74 Å². The molecule has 0 unspecified atom stereocenters. The number of carboxylic acid groups (broad SMARTS) is 1. The van der Waals surface area contributed by atoms with Crippen LogP contribution in [-0.4, -0.2) is 28.0 Å². The molecule has 0 saturated carbocycles. The van der Waals surface area contributed by atoms with Crippen LogP contribution in [0.4, 0.5) is 0 Å². The van der Waals surface area contributed by atoms with Crippen molar-refractivity contribution in [1.82, 2.24) is 9.78 Å². The maximum atomic E-state index is 11.1. The van der Waals surface area contributed by atoms with Gasteiger partial charge in [-0.1, -0.05) is 0 Å². The second-order valence-electron chi connectivity index (χ2n) is 3.18. The standard InChI is InChI=1S/C10H10N2O3/c1-12-5-6-7(11-12)3-4-8(15-2)9(6)10(13)14/h3-5H,1-2H3,(H,13,14). The summed E-state index contributed by atoms with van der Waals surface area (Å²) >= 11 is 0. The molecule has 0 bridgehead atoms. The number of benzene rings is 1. The van der Waals surface area contributed by atoms with Gasteiger partial charge in [0.2, 0.25) is 0 Å². The van der Waals surface area contributed by atoms with E-state index in [1.807, 2.05) is 0 Å². The molecule has 1 aromatic carbocycles. The van der Waals surface area contributed by atoms with Gasteiger partial charge in [0.25, 0.3) is 0 Å². The number of methoxy groups -OCH3 is 1. The lowest BCUT2D eigenvalue weighted by molar-refractivity contribution is 0.0695. The molecule has 2 rings (SSSR count). The van der Waals surface area contributed by atoms with Crippen molar-refractivity contribution < 1.29 is 14.6 Å². The lowest BCUT2D eigenvalue weighted by Crippen LogP contribution is -2.00. The van der Waals surface area contributed by atoms with Crippen molar-refractivity contribution in [3.63, 3.8) is 0 Å². The van der Waals surface area contributed by atoms with Gasteiger partial charge in [0, 0.05) is 18.6 Å². The molecule has 0 radical (unpaired) electrons. The van der Waals surface area contributed by atoms with Gasteiger partial charge in [-0.05, 0) is 12.1 Å². The average molecular weight is 206 g/mol. The fourth-order valence-corrected chi connectivity index (χ4v) is 1.58. The first-order valence-corrected chi connectivity index (χ1v) is 4.37. The third-order valence-electron chi connectivity index (χ3n) is 2.20. The molecule has 0 aliphatic heterocycles. The number of hydrogen-bond acceptors (Lipinski definition) is 3. The Labute approximate surface area is 85.9 Å². The minimum atomic E-state index is -1.01. The highest BCUT2D eigenvalue weighted by Crippen LogP contribution is 2.26. The van der Waals surface area contributed by atoms with Gasteiger partial charge in [-0.15, -0.1) is 0 Å². The summed E-state index contributed by atoms with van der Waals surface area (Å²) in [7, 11) is 3.20. The van der Waals surface area contributed by atoms with Crippen molar-refractivity contribution in [2.75, 3.05) is 7.11 Å². The molecule has 5 heteroatoms. The molecule has 0 amide bonds. The number of carbonyl (C=O) groups is 1. The molecule has 0 atom stereocenters. The van der Waals surface area contributed by atoms with Crippen molar-refractivity contribution in [2.24, 2.45) is 7.05 Å². The maximum Gasteiger partial charge on any atom is 0.340 e. The van der Waals surface area contributed by atoms with Crippen LogP contribution in [0.3, 0.4) is 0 Å². The number of aryl methyl sites for hydroxylation is 1. The van der Waals surface area contributed by atoms with Crippen molar-refractivity contribution in [3.8, 4) is 5.75 Å². The first-order chi connectivity index (χ1) is 7.13. The van der Waals surface area contributed by atoms with Crippen LogP contribution in [0.1, 0.15) is 10.4 Å². The number of aromatic carboxylic acids is 1. The number of carboxylic acids is 1. The third-order valence-corrected chi connectivity index (χ3v) is 2.20. The molecule has 78 valence electrons. The van der Waals surface area contributed by atoms with Crippen molar-refractivity contribution in [2.45, 2.75) is 0 Å². The Kier molecular flexibility index (Phi) is 2.07. The normalized spacial score (nSPS) is 10.5. The van der Waals surface area contributed by atoms with E-state index in [2.05, 4.69) is 5.10 Å². The maximum absolute atomic E-state index is 11.1. The zero-order chi connectivity index (χ0) is 11.0. The summed E-state index contributed by atoms with van der Waals surface area (Å²) in [6, 6.07) is 3.35. The van der Waals surface area contributed by atoms with Gasteiger partial charge in [-0.2, -0.15) is 5.10 Å². The van der Waals surface area contributed by atoms with E-state index in [0.717, 1.165) is 0 Å². The van der Waals surface area contributed by atoms with Gasteiger partial charge in [-0.3, -0.25) is 4.68 Å². The van der Waals surface area contributed by atoms with Gasteiger partial charge < -0.3 is 9.84 Å². The van der Waals surface area contributed by atoms with Crippen LogP contribution >= 0.6 is 0 Å². The molecule has 0 aliphatic carbocycles. The largest absolute Gasteiger partial charge is 0.496 e. The van der Waals surface area contributed by atoms with E-state index in [1.54, 1.807) is 30.1 Å². The molecule has 15 heavy (non-hydrogen) atoms. The molecule has 0 saturated heterocycles. The topological polar surface area (TPSA) is 64.4 Å². The summed E-state index contributed by atoms with van der Waals surface area (Å²) in [6.45, 7) is 0. The second kappa shape index (κ2) is 3.27. The van der Waals surface area contributed by atoms with E-state index in [4.69, 9.17) is 9.84 Å². The molecular formula is C10H10N2O3. The van der Waals surface area contributed by atoms with E-state index in [0.29, 0.717) is 16.7 Å². The van der Waals surface area contributed by atoms with E-state index in [9.17, 15) is 4.79 Å². The molecule has 0 fully saturated rings. The summed E-state index contributed by atoms with van der Waals surface area (Å²) in [6.07, 6.45) is 1.67. The molecular weight excluding hydrogens is 196 g/mol. The van der Waals surface area contributed by atoms with Gasteiger partial charge in [-0.25, -0.2) is 4.79 Å². The van der Waals surface area contributed by atoms with Crippen molar-refractivity contribution in [3.05, 3.63) is 23.9 Å². The van der Waals surface area contributed by atoms with E-state index in [1.165, 1.54) is 7.11 Å². The second-order valence-corrected chi connectivity index (χ2v) is 3.18. The van der Waals surface area contributed by atoms with Crippen LogP contribution in [0.2, 0.25) is 0 Å². The molecule has 0 aliphatic rings. The molecule has 2 aromatic rings. The highest BCUT2D eigenvalue weighted by atomic mass is 16.5. The third kappa shape index (κ3) is 1.41. The SMILES string of the molecule is COc1ccc2nn(C)cc2c1C(=O)O. The van der Waals surface area contributed by atoms with Crippen LogP contribution in [0.25, 0.3) is 10.9 Å². The molecule has 1 aromatic heterocycles. The number of fused-ring (bicyclic) bond motifs is 1. The van der Waals surface area contributed by atoms with Crippen LogP contribution in [0.15, 0.2) is 18.3 Å². The summed E-state index contributed by atoms with van der Waals surface area (Å²) < 4.78 is 6.59. The number of rotatable bonds is 2. The fraction of sp³-hybridized carbons (Fsp3) is 0.200. The Morgan fingerprint density at radius 2 is 2.27 bits per heavy atom. The fourth-order valence-electron chi connectivity index (χ4n) is 1.58. The highest BCUT2D eigenvalue weighted by Gasteiger charge is 2.16. The Morgan fingerprint density at radius 1 is 1.53 bits per heavy atom. The van der Waals surface area contributed by atoms with E-state index in [-0.39, 0.29) is 5.56 Å². The first-order valence-electron chi connectivity index (χ1n) is 4.37. The Morgan fingerprint density at radius 3 is 2.87 bits per heavy atom. The predicted octanol–water partition coefficient (Wildman–Crippen LogP) is 1.28. The number of hydrogen-bond donors (Lipinski definition) is 1. The van der Waals surface area contributed by atoms with Gasteiger partial charge in [0.1, 0.15) is 11.3 Å². The molecule has 0 spiro atoms. The van der Waals surface area contributed by atoms with Gasteiger partial charge >= 0.3 is 5.97 Å². The van der Waals surface area contributed by atoms with Crippen LogP contribution in [0, 0.1) is 0 Å². The van der Waals surface area contributed by atoms with Gasteiger partial charge in [0.15, 0.2) is 0 Å². The highest BCUT2D eigenvalue weighted by molar-refractivity contribution is 6.05. The Hall–Kier alpha value is -2.04. The molecule has 1 N–H and O–H groups in total. The quantitative estimate of drug-likeness (QED) is 0.803. The van der Waals surface area contributed by atoms with Crippen LogP contribution in [0.5, 0.6) is 5.75 Å². The zero-order valence-electron chi connectivity index (χ0n) is 8.39. The van der Waals surface area contributed by atoms with Crippen molar-refractivity contribution >= 4 is 16.9 Å². The summed E-state index contributed by atoms with van der Waals surface area (Å²) in [4.78, 5) is 11.1. The summed E-state index contributed by atoms with van der Waals surface area (Å²) in [5.74, 6) is -0.659. The van der Waals surface area contributed by atoms with E-state index >= 15 is 0 Å². The zero-order valence-corrected chi connectivity index (χ0v) is 8.39. The minimum Gasteiger partial charge on any atom is -0.496 e. The van der Waals surface area contributed by atoms with E-state index < -0.39 is 5.97 Å². The first kappa shape index (κ1) is 9.51. The summed E-state index contributed by atoms with van der Waals surface area (Å²) in [5.41, 5.74) is 0.804. The average Bonchev–Trinajstić information content (AvgIpc) is 2.55. The smallest absolute Gasteiger partial charge is 0.340 e. The number of ether oxygens (including phenoxy) is 1. The Balaban J connectivity index is 2.83. The summed E-state index contributed by atoms with van der Waals surface area (Å²) in [5, 5.41) is 13.8. The molecule has 5 nitrogen and oxygen atoms in total. The Bertz CT molecular complexity index is 531. The van der Waals surface area contributed by atoms with Crippen LogP contribution in [-0.2, 0) is 7.05 Å². The number of nitrogens with zero attached hydrogens (tertiary/aromatic N) is 2.